The number of imidazole rings is 1. The molecular weight excluding hydrogens is 400 g/mol. The molecule has 1 aliphatic rings. The van der Waals surface area contributed by atoms with Gasteiger partial charge in [-0.25, -0.2) is 4.98 Å². The summed E-state index contributed by atoms with van der Waals surface area (Å²) < 4.78 is 9.47. The smallest absolute Gasteiger partial charge is 0.253 e. The molecule has 0 bridgehead atoms. The van der Waals surface area contributed by atoms with E-state index in [0.717, 1.165) is 54.2 Å². The molecule has 4 heterocycles. The fourth-order valence-corrected chi connectivity index (χ4v) is 4.71. The summed E-state index contributed by atoms with van der Waals surface area (Å²) in [6.45, 7) is 5.62. The Morgan fingerprint density at radius 2 is 1.88 bits per heavy atom. The number of benzene rings is 1. The highest BCUT2D eigenvalue weighted by Gasteiger charge is 2.23. The number of fused-ring (bicyclic) bond motifs is 1. The summed E-state index contributed by atoms with van der Waals surface area (Å²) in [6, 6.07) is 14.7. The Morgan fingerprint density at radius 1 is 1.12 bits per heavy atom. The molecular formula is C26H28N4O2. The number of pyridine rings is 2. The Labute approximate surface area is 187 Å². The van der Waals surface area contributed by atoms with Crippen molar-refractivity contribution in [2.75, 3.05) is 13.2 Å². The molecule has 0 unspecified atom stereocenters. The Kier molecular flexibility index (Phi) is 5.39. The van der Waals surface area contributed by atoms with E-state index in [2.05, 4.69) is 41.8 Å². The molecule has 4 aromatic rings. The lowest BCUT2D eigenvalue weighted by Gasteiger charge is -2.22. The summed E-state index contributed by atoms with van der Waals surface area (Å²) in [7, 11) is 1.79. The molecule has 5 rings (SSSR count). The van der Waals surface area contributed by atoms with Gasteiger partial charge in [0.05, 0.1) is 17.8 Å². The van der Waals surface area contributed by atoms with Crippen LogP contribution in [0.25, 0.3) is 22.4 Å². The van der Waals surface area contributed by atoms with E-state index in [9.17, 15) is 4.79 Å². The van der Waals surface area contributed by atoms with E-state index in [1.807, 2.05) is 31.5 Å². The Bertz CT molecular complexity index is 1290. The molecule has 0 N–H and O–H groups in total. The van der Waals surface area contributed by atoms with Gasteiger partial charge in [-0.3, -0.25) is 9.78 Å². The summed E-state index contributed by atoms with van der Waals surface area (Å²) in [4.78, 5) is 22.1. The van der Waals surface area contributed by atoms with Crippen molar-refractivity contribution in [3.8, 4) is 11.4 Å². The molecule has 1 aromatic carbocycles. The van der Waals surface area contributed by atoms with Gasteiger partial charge >= 0.3 is 0 Å². The van der Waals surface area contributed by atoms with Gasteiger partial charge in [0, 0.05) is 49.2 Å². The van der Waals surface area contributed by atoms with Gasteiger partial charge in [0.15, 0.2) is 0 Å². The number of hydrogen-bond acceptors (Lipinski definition) is 4. The molecule has 1 aliphatic heterocycles. The van der Waals surface area contributed by atoms with Gasteiger partial charge in [0.25, 0.3) is 5.56 Å². The zero-order valence-corrected chi connectivity index (χ0v) is 18.8. The first kappa shape index (κ1) is 20.6. The van der Waals surface area contributed by atoms with E-state index < -0.39 is 0 Å². The lowest BCUT2D eigenvalue weighted by Crippen LogP contribution is -2.19. The van der Waals surface area contributed by atoms with Gasteiger partial charge in [-0.15, -0.1) is 0 Å². The third-order valence-corrected chi connectivity index (χ3v) is 6.53. The second-order valence-corrected chi connectivity index (χ2v) is 8.70. The highest BCUT2D eigenvalue weighted by Crippen LogP contribution is 2.34. The molecule has 0 saturated carbocycles. The first-order valence-corrected chi connectivity index (χ1v) is 11.2. The minimum atomic E-state index is 0.0102. The molecule has 6 nitrogen and oxygen atoms in total. The summed E-state index contributed by atoms with van der Waals surface area (Å²) >= 11 is 0. The predicted octanol–water partition coefficient (Wildman–Crippen LogP) is 4.61. The quantitative estimate of drug-likeness (QED) is 0.476. The van der Waals surface area contributed by atoms with E-state index in [-0.39, 0.29) is 11.6 Å². The van der Waals surface area contributed by atoms with Crippen LogP contribution >= 0.6 is 0 Å². The standard InChI is InChI=1S/C26H28N4O2/c1-17-13-21(16-29(3)26(17)31)25-28-23-15-27-22(20-9-11-32-12-10-20)14-24(23)30(25)18(2)19-7-5-4-6-8-19/h4-8,13-16,18,20H,9-12H2,1-3H3/t18-/m1/s1. The average Bonchev–Trinajstić information content (AvgIpc) is 3.21. The average molecular weight is 429 g/mol. The summed E-state index contributed by atoms with van der Waals surface area (Å²) in [6.07, 6.45) is 5.76. The maximum atomic E-state index is 12.3. The number of aromatic nitrogens is 4. The second-order valence-electron chi connectivity index (χ2n) is 8.70. The SMILES string of the molecule is Cc1cc(-c2nc3cnc(C4CCOCC4)cc3n2[C@H](C)c2ccccc2)cn(C)c1=O. The van der Waals surface area contributed by atoms with Crippen LogP contribution in [0.5, 0.6) is 0 Å². The molecule has 6 heteroatoms. The third-order valence-electron chi connectivity index (χ3n) is 6.53. The van der Waals surface area contributed by atoms with Crippen LogP contribution in [-0.4, -0.2) is 32.3 Å². The van der Waals surface area contributed by atoms with E-state index in [0.29, 0.717) is 11.5 Å². The number of nitrogens with zero attached hydrogens (tertiary/aromatic N) is 4. The molecule has 1 atom stereocenters. The zero-order chi connectivity index (χ0) is 22.2. The van der Waals surface area contributed by atoms with Gasteiger partial charge in [-0.05, 0) is 44.4 Å². The van der Waals surface area contributed by atoms with Crippen LogP contribution < -0.4 is 5.56 Å². The molecule has 0 radical (unpaired) electrons. The summed E-state index contributed by atoms with van der Waals surface area (Å²) in [5.41, 5.74) is 5.89. The number of rotatable bonds is 4. The van der Waals surface area contributed by atoms with Gasteiger partial charge in [0.2, 0.25) is 0 Å². The second kappa shape index (κ2) is 8.36. The van der Waals surface area contributed by atoms with E-state index >= 15 is 0 Å². The van der Waals surface area contributed by atoms with E-state index in [1.54, 1.807) is 11.6 Å². The first-order chi connectivity index (χ1) is 15.5. The lowest BCUT2D eigenvalue weighted by atomic mass is 9.96. The minimum absolute atomic E-state index is 0.0102. The molecule has 0 amide bonds. The summed E-state index contributed by atoms with van der Waals surface area (Å²) in [5, 5.41) is 0. The minimum Gasteiger partial charge on any atom is -0.381 e. The zero-order valence-electron chi connectivity index (χ0n) is 18.8. The monoisotopic (exact) mass is 428 g/mol. The third kappa shape index (κ3) is 3.65. The molecule has 164 valence electrons. The Hall–Kier alpha value is -3.25. The van der Waals surface area contributed by atoms with Crippen LogP contribution in [-0.2, 0) is 11.8 Å². The van der Waals surface area contributed by atoms with Crippen LogP contribution in [0.15, 0.2) is 59.7 Å². The molecule has 0 spiro atoms. The van der Waals surface area contributed by atoms with Crippen molar-refractivity contribution >= 4 is 11.0 Å². The number of hydrogen-bond donors (Lipinski definition) is 0. The maximum Gasteiger partial charge on any atom is 0.253 e. The fraction of sp³-hybridized carbons (Fsp3) is 0.346. The van der Waals surface area contributed by atoms with Crippen molar-refractivity contribution in [1.82, 2.24) is 19.1 Å². The Balaban J connectivity index is 1.73. The van der Waals surface area contributed by atoms with Crippen LogP contribution in [0, 0.1) is 6.92 Å². The van der Waals surface area contributed by atoms with Crippen molar-refractivity contribution < 1.29 is 4.74 Å². The number of aryl methyl sites for hydroxylation is 2. The van der Waals surface area contributed by atoms with E-state index in [1.165, 1.54) is 5.56 Å². The molecule has 3 aromatic heterocycles. The van der Waals surface area contributed by atoms with Gasteiger partial charge < -0.3 is 13.9 Å². The number of ether oxygens (including phenoxy) is 1. The largest absolute Gasteiger partial charge is 0.381 e. The normalized spacial score (nSPS) is 15.8. The van der Waals surface area contributed by atoms with Crippen molar-refractivity contribution in [1.29, 1.82) is 0 Å². The maximum absolute atomic E-state index is 12.3. The van der Waals surface area contributed by atoms with Crippen LogP contribution in [0.4, 0.5) is 0 Å². The predicted molar refractivity (Wildman–Crippen MR) is 126 cm³/mol. The molecule has 0 aliphatic carbocycles. The first-order valence-electron chi connectivity index (χ1n) is 11.2. The van der Waals surface area contributed by atoms with E-state index in [4.69, 9.17) is 14.7 Å². The van der Waals surface area contributed by atoms with Crippen LogP contribution in [0.2, 0.25) is 0 Å². The van der Waals surface area contributed by atoms with Crippen molar-refractivity contribution in [3.05, 3.63) is 82.0 Å². The topological polar surface area (TPSA) is 61.9 Å². The molecule has 1 fully saturated rings. The highest BCUT2D eigenvalue weighted by atomic mass is 16.5. The van der Waals surface area contributed by atoms with Gasteiger partial charge in [0.1, 0.15) is 11.3 Å². The molecule has 1 saturated heterocycles. The van der Waals surface area contributed by atoms with Crippen LogP contribution in [0.3, 0.4) is 0 Å². The van der Waals surface area contributed by atoms with Crippen molar-refractivity contribution in [2.45, 2.75) is 38.6 Å². The molecule has 32 heavy (non-hydrogen) atoms. The van der Waals surface area contributed by atoms with Crippen molar-refractivity contribution in [2.24, 2.45) is 7.05 Å². The lowest BCUT2D eigenvalue weighted by molar-refractivity contribution is 0.0845. The van der Waals surface area contributed by atoms with Gasteiger partial charge in [-0.2, -0.15) is 0 Å². The summed E-state index contributed by atoms with van der Waals surface area (Å²) in [5.74, 6) is 1.26. The fourth-order valence-electron chi connectivity index (χ4n) is 4.71. The van der Waals surface area contributed by atoms with Crippen LogP contribution in [0.1, 0.15) is 48.5 Å². The highest BCUT2D eigenvalue weighted by molar-refractivity contribution is 5.81. The van der Waals surface area contributed by atoms with Crippen molar-refractivity contribution in [3.63, 3.8) is 0 Å². The Morgan fingerprint density at radius 3 is 2.59 bits per heavy atom. The van der Waals surface area contributed by atoms with Gasteiger partial charge in [-0.1, -0.05) is 30.3 Å².